The van der Waals surface area contributed by atoms with Crippen LogP contribution in [0.5, 0.6) is 17.4 Å². The fourth-order valence-corrected chi connectivity index (χ4v) is 2.55. The van der Waals surface area contributed by atoms with Crippen molar-refractivity contribution in [1.29, 1.82) is 0 Å². The third kappa shape index (κ3) is 3.96. The molecule has 0 aliphatic carbocycles. The standard InChI is InChI=1S/C18H15F3N2O3/c1-2-15(24)23-13-8-11-4-3-5-14(17(11)25-10-13)26-16-7-6-12(9-22-16)18(19,20)21/h2-7,9,13H,1,8,10H2,(H,23,24). The molecule has 0 radical (unpaired) electrons. The zero-order valence-corrected chi connectivity index (χ0v) is 13.5. The van der Waals surface area contributed by atoms with Crippen LogP contribution in [0.25, 0.3) is 0 Å². The Labute approximate surface area is 147 Å². The maximum absolute atomic E-state index is 12.6. The molecule has 1 atom stereocenters. The van der Waals surface area contributed by atoms with Gasteiger partial charge in [0.15, 0.2) is 11.5 Å². The zero-order valence-electron chi connectivity index (χ0n) is 13.5. The lowest BCUT2D eigenvalue weighted by molar-refractivity contribution is -0.137. The van der Waals surface area contributed by atoms with Crippen LogP contribution in [0.3, 0.4) is 0 Å². The maximum Gasteiger partial charge on any atom is 0.417 e. The molecule has 1 N–H and O–H groups in total. The number of carbonyl (C=O) groups is 1. The lowest BCUT2D eigenvalue weighted by Gasteiger charge is -2.27. The van der Waals surface area contributed by atoms with E-state index in [4.69, 9.17) is 9.47 Å². The van der Waals surface area contributed by atoms with Crippen molar-refractivity contribution in [2.75, 3.05) is 6.61 Å². The average Bonchev–Trinajstić information content (AvgIpc) is 2.61. The Kier molecular flexibility index (Phi) is 4.83. The fraction of sp³-hybridized carbons (Fsp3) is 0.222. The number of carbonyl (C=O) groups excluding carboxylic acids is 1. The summed E-state index contributed by atoms with van der Waals surface area (Å²) in [5.74, 6) is 0.571. The summed E-state index contributed by atoms with van der Waals surface area (Å²) in [5.41, 5.74) is -0.0352. The van der Waals surface area contributed by atoms with Gasteiger partial charge in [0.25, 0.3) is 0 Å². The van der Waals surface area contributed by atoms with E-state index in [9.17, 15) is 18.0 Å². The molecule has 1 aromatic heterocycles. The van der Waals surface area contributed by atoms with Gasteiger partial charge in [-0.2, -0.15) is 13.2 Å². The van der Waals surface area contributed by atoms with Crippen LogP contribution in [0.4, 0.5) is 13.2 Å². The Morgan fingerprint density at radius 3 is 2.81 bits per heavy atom. The third-order valence-electron chi connectivity index (χ3n) is 3.77. The Morgan fingerprint density at radius 2 is 2.15 bits per heavy atom. The third-order valence-corrected chi connectivity index (χ3v) is 3.77. The van der Waals surface area contributed by atoms with Crippen molar-refractivity contribution in [2.45, 2.75) is 18.6 Å². The first-order valence-electron chi connectivity index (χ1n) is 7.75. The molecular formula is C18H15F3N2O3. The van der Waals surface area contributed by atoms with E-state index >= 15 is 0 Å². The summed E-state index contributed by atoms with van der Waals surface area (Å²) >= 11 is 0. The number of halogens is 3. The Morgan fingerprint density at radius 1 is 1.35 bits per heavy atom. The molecule has 1 aromatic carbocycles. The highest BCUT2D eigenvalue weighted by Gasteiger charge is 2.31. The van der Waals surface area contributed by atoms with Crippen molar-refractivity contribution in [3.05, 3.63) is 60.3 Å². The number of hydrogen-bond acceptors (Lipinski definition) is 4. The number of para-hydroxylation sites is 1. The quantitative estimate of drug-likeness (QED) is 0.844. The summed E-state index contributed by atoms with van der Waals surface area (Å²) < 4.78 is 49.0. The van der Waals surface area contributed by atoms with Crippen LogP contribution in [-0.2, 0) is 17.4 Å². The van der Waals surface area contributed by atoms with Crippen molar-refractivity contribution < 1.29 is 27.4 Å². The smallest absolute Gasteiger partial charge is 0.417 e. The van der Waals surface area contributed by atoms with E-state index < -0.39 is 11.7 Å². The molecule has 0 fully saturated rings. The van der Waals surface area contributed by atoms with Crippen molar-refractivity contribution in [1.82, 2.24) is 10.3 Å². The van der Waals surface area contributed by atoms with Gasteiger partial charge in [0.05, 0.1) is 11.6 Å². The van der Waals surface area contributed by atoms with Gasteiger partial charge in [-0.05, 0) is 24.6 Å². The summed E-state index contributed by atoms with van der Waals surface area (Å²) in [6.45, 7) is 3.65. The summed E-state index contributed by atoms with van der Waals surface area (Å²) in [7, 11) is 0. The predicted octanol–water partition coefficient (Wildman–Crippen LogP) is 3.50. The maximum atomic E-state index is 12.6. The minimum absolute atomic E-state index is 0.0251. The van der Waals surface area contributed by atoms with Crippen LogP contribution >= 0.6 is 0 Å². The van der Waals surface area contributed by atoms with E-state index in [2.05, 4.69) is 16.9 Å². The number of aromatic nitrogens is 1. The Balaban J connectivity index is 1.76. The molecule has 1 amide bonds. The van der Waals surface area contributed by atoms with Crippen molar-refractivity contribution >= 4 is 5.91 Å². The van der Waals surface area contributed by atoms with Crippen LogP contribution in [-0.4, -0.2) is 23.5 Å². The van der Waals surface area contributed by atoms with Gasteiger partial charge < -0.3 is 14.8 Å². The lowest BCUT2D eigenvalue weighted by Crippen LogP contribution is -2.42. The molecule has 26 heavy (non-hydrogen) atoms. The number of hydrogen-bond donors (Lipinski definition) is 1. The largest absolute Gasteiger partial charge is 0.487 e. The zero-order chi connectivity index (χ0) is 18.7. The molecule has 0 saturated heterocycles. The van der Waals surface area contributed by atoms with Crippen LogP contribution in [0.15, 0.2) is 49.2 Å². The first-order chi connectivity index (χ1) is 12.4. The fourth-order valence-electron chi connectivity index (χ4n) is 2.55. The second-order valence-electron chi connectivity index (χ2n) is 5.65. The number of amides is 1. The highest BCUT2D eigenvalue weighted by Crippen LogP contribution is 2.37. The monoisotopic (exact) mass is 364 g/mol. The molecule has 2 aromatic rings. The molecule has 2 heterocycles. The summed E-state index contributed by atoms with van der Waals surface area (Å²) in [6.07, 6.45) is -2.02. The van der Waals surface area contributed by atoms with E-state index in [0.717, 1.165) is 17.7 Å². The minimum Gasteiger partial charge on any atom is -0.487 e. The predicted molar refractivity (Wildman–Crippen MR) is 87.1 cm³/mol. The van der Waals surface area contributed by atoms with E-state index in [0.29, 0.717) is 24.1 Å². The molecular weight excluding hydrogens is 349 g/mol. The highest BCUT2D eigenvalue weighted by molar-refractivity contribution is 5.87. The molecule has 136 valence electrons. The number of alkyl halides is 3. The number of ether oxygens (including phenoxy) is 2. The first kappa shape index (κ1) is 17.8. The number of fused-ring (bicyclic) bond motifs is 1. The lowest BCUT2D eigenvalue weighted by atomic mass is 10.0. The number of rotatable bonds is 4. The number of nitrogens with zero attached hydrogens (tertiary/aromatic N) is 1. The Hall–Kier alpha value is -3.03. The van der Waals surface area contributed by atoms with Crippen LogP contribution < -0.4 is 14.8 Å². The van der Waals surface area contributed by atoms with Crippen molar-refractivity contribution in [3.63, 3.8) is 0 Å². The first-order valence-corrected chi connectivity index (χ1v) is 7.75. The minimum atomic E-state index is -4.45. The molecule has 1 unspecified atom stereocenters. The summed E-state index contributed by atoms with van der Waals surface area (Å²) in [6, 6.07) is 7.05. The number of pyridine rings is 1. The van der Waals surface area contributed by atoms with Gasteiger partial charge in [-0.1, -0.05) is 18.7 Å². The average molecular weight is 364 g/mol. The molecule has 0 bridgehead atoms. The molecule has 5 nitrogen and oxygen atoms in total. The molecule has 8 heteroatoms. The SMILES string of the molecule is C=CC(=O)NC1COc2c(cccc2Oc2ccc(C(F)(F)F)cn2)C1. The normalized spacial score (nSPS) is 16.2. The van der Waals surface area contributed by atoms with Crippen LogP contribution in [0.1, 0.15) is 11.1 Å². The molecule has 1 aliphatic heterocycles. The van der Waals surface area contributed by atoms with Gasteiger partial charge in [0, 0.05) is 17.8 Å². The molecule has 1 aliphatic rings. The number of benzene rings is 1. The van der Waals surface area contributed by atoms with Crippen molar-refractivity contribution in [2.24, 2.45) is 0 Å². The highest BCUT2D eigenvalue weighted by atomic mass is 19.4. The van der Waals surface area contributed by atoms with Gasteiger partial charge in [-0.15, -0.1) is 0 Å². The summed E-state index contributed by atoms with van der Waals surface area (Å²) in [5, 5.41) is 2.76. The van der Waals surface area contributed by atoms with Gasteiger partial charge in [0.2, 0.25) is 11.8 Å². The van der Waals surface area contributed by atoms with Crippen molar-refractivity contribution in [3.8, 4) is 17.4 Å². The van der Waals surface area contributed by atoms with Gasteiger partial charge in [-0.25, -0.2) is 4.98 Å². The Bertz CT molecular complexity index is 819. The molecule has 0 saturated carbocycles. The second kappa shape index (κ2) is 7.07. The van der Waals surface area contributed by atoms with Gasteiger partial charge in [-0.3, -0.25) is 4.79 Å². The molecule has 0 spiro atoms. The van der Waals surface area contributed by atoms with E-state index in [1.807, 2.05) is 6.07 Å². The summed E-state index contributed by atoms with van der Waals surface area (Å²) in [4.78, 5) is 15.1. The van der Waals surface area contributed by atoms with Gasteiger partial charge in [0.1, 0.15) is 6.61 Å². The molecule has 3 rings (SSSR count). The van der Waals surface area contributed by atoms with Gasteiger partial charge >= 0.3 is 6.18 Å². The second-order valence-corrected chi connectivity index (χ2v) is 5.65. The van der Waals surface area contributed by atoms with E-state index in [1.165, 1.54) is 6.08 Å². The van der Waals surface area contributed by atoms with Crippen LogP contribution in [0.2, 0.25) is 0 Å². The topological polar surface area (TPSA) is 60.5 Å². The van der Waals surface area contributed by atoms with Crippen LogP contribution in [0, 0.1) is 0 Å². The van der Waals surface area contributed by atoms with E-state index in [-0.39, 0.29) is 24.4 Å². The van der Waals surface area contributed by atoms with E-state index in [1.54, 1.807) is 12.1 Å². The number of nitrogens with one attached hydrogen (secondary N) is 1.